The number of halogens is 2. The molecule has 0 radical (unpaired) electrons. The third kappa shape index (κ3) is 3.40. The maximum Gasteiger partial charge on any atom is 0.253 e. The second-order valence-corrected chi connectivity index (χ2v) is 6.14. The number of nitrogens with zero attached hydrogens (tertiary/aromatic N) is 2. The maximum atomic E-state index is 11.2. The van der Waals surface area contributed by atoms with Gasteiger partial charge in [0.15, 0.2) is 12.4 Å². The molecular weight excluding hydrogens is 329 g/mol. The van der Waals surface area contributed by atoms with E-state index in [0.717, 1.165) is 12.1 Å². The Morgan fingerprint density at radius 2 is 1.90 bits per heavy atom. The highest BCUT2D eigenvalue weighted by Crippen LogP contribution is 2.35. The summed E-state index contributed by atoms with van der Waals surface area (Å²) in [6, 6.07) is 2.30. The van der Waals surface area contributed by atoms with E-state index in [4.69, 9.17) is 37.5 Å². The summed E-state index contributed by atoms with van der Waals surface area (Å²) >= 11 is 11.8. The highest BCUT2D eigenvalue weighted by molar-refractivity contribution is 7.89. The van der Waals surface area contributed by atoms with Crippen molar-refractivity contribution < 1.29 is 17.6 Å². The van der Waals surface area contributed by atoms with Crippen LogP contribution in [-0.2, 0) is 16.6 Å². The zero-order valence-electron chi connectivity index (χ0n) is 10.1. The first kappa shape index (κ1) is 15.0. The number of benzene rings is 1. The summed E-state index contributed by atoms with van der Waals surface area (Å²) in [7, 11) is -3.89. The predicted molar refractivity (Wildman–Crippen MR) is 71.2 cm³/mol. The lowest BCUT2D eigenvalue weighted by Gasteiger charge is -2.09. The van der Waals surface area contributed by atoms with E-state index in [-0.39, 0.29) is 33.2 Å². The van der Waals surface area contributed by atoms with Crippen molar-refractivity contribution >= 4 is 33.2 Å². The molecule has 108 valence electrons. The lowest BCUT2D eigenvalue weighted by Crippen LogP contribution is -2.12. The number of hydrogen-bond donors (Lipinski definition) is 1. The first-order chi connectivity index (χ1) is 9.27. The van der Waals surface area contributed by atoms with E-state index in [9.17, 15) is 8.42 Å². The standard InChI is InChI=1S/C10H9Cl2N3O4S/c1-5-14-15-9(19-5)4-18-10-7(11)2-6(3-8(10)12)20(13,16)17/h2-3H,4H2,1H3,(H2,13,16,17). The first-order valence-corrected chi connectivity index (χ1v) is 7.51. The monoisotopic (exact) mass is 337 g/mol. The minimum Gasteiger partial charge on any atom is -0.481 e. The molecule has 0 atom stereocenters. The van der Waals surface area contributed by atoms with Crippen LogP contribution in [0.5, 0.6) is 5.75 Å². The molecule has 0 saturated carbocycles. The van der Waals surface area contributed by atoms with Gasteiger partial charge < -0.3 is 9.15 Å². The number of aryl methyl sites for hydroxylation is 1. The van der Waals surface area contributed by atoms with Gasteiger partial charge in [-0.15, -0.1) is 10.2 Å². The number of ether oxygens (including phenoxy) is 1. The second kappa shape index (κ2) is 5.57. The van der Waals surface area contributed by atoms with Crippen LogP contribution in [0.3, 0.4) is 0 Å². The van der Waals surface area contributed by atoms with Crippen LogP contribution < -0.4 is 9.88 Å². The van der Waals surface area contributed by atoms with Crippen molar-refractivity contribution in [2.24, 2.45) is 5.14 Å². The molecule has 0 aliphatic carbocycles. The largest absolute Gasteiger partial charge is 0.481 e. The number of sulfonamides is 1. The van der Waals surface area contributed by atoms with Crippen molar-refractivity contribution in [3.63, 3.8) is 0 Å². The zero-order valence-corrected chi connectivity index (χ0v) is 12.5. The quantitative estimate of drug-likeness (QED) is 0.912. The van der Waals surface area contributed by atoms with Gasteiger partial charge in [-0.2, -0.15) is 0 Å². The van der Waals surface area contributed by atoms with Gasteiger partial charge in [0.2, 0.25) is 15.9 Å². The van der Waals surface area contributed by atoms with E-state index in [1.54, 1.807) is 6.92 Å². The maximum absolute atomic E-state index is 11.2. The van der Waals surface area contributed by atoms with Crippen LogP contribution in [0.25, 0.3) is 0 Å². The SMILES string of the molecule is Cc1nnc(COc2c(Cl)cc(S(N)(=O)=O)cc2Cl)o1. The summed E-state index contributed by atoms with van der Waals surface area (Å²) < 4.78 is 32.9. The van der Waals surface area contributed by atoms with Crippen LogP contribution in [0, 0.1) is 6.92 Å². The molecule has 0 aliphatic heterocycles. The average molecular weight is 338 g/mol. The first-order valence-electron chi connectivity index (χ1n) is 5.21. The van der Waals surface area contributed by atoms with Crippen molar-refractivity contribution in [1.82, 2.24) is 10.2 Å². The Bertz CT molecular complexity index is 722. The summed E-state index contributed by atoms with van der Waals surface area (Å²) in [6.45, 7) is 1.59. The van der Waals surface area contributed by atoms with Gasteiger partial charge in [0.1, 0.15) is 0 Å². The molecule has 0 unspecified atom stereocenters. The third-order valence-electron chi connectivity index (χ3n) is 2.21. The fourth-order valence-corrected chi connectivity index (χ4v) is 2.66. The average Bonchev–Trinajstić information content (AvgIpc) is 2.72. The summed E-state index contributed by atoms with van der Waals surface area (Å²) in [5.41, 5.74) is 0. The van der Waals surface area contributed by atoms with E-state index in [2.05, 4.69) is 10.2 Å². The van der Waals surface area contributed by atoms with Crippen molar-refractivity contribution in [1.29, 1.82) is 0 Å². The third-order valence-corrected chi connectivity index (χ3v) is 3.66. The minimum atomic E-state index is -3.89. The summed E-state index contributed by atoms with van der Waals surface area (Å²) in [5, 5.41) is 12.4. The number of aromatic nitrogens is 2. The molecule has 20 heavy (non-hydrogen) atoms. The Balaban J connectivity index is 2.25. The lowest BCUT2D eigenvalue weighted by atomic mass is 10.3. The summed E-state index contributed by atoms with van der Waals surface area (Å²) in [5.74, 6) is 0.743. The Hall–Kier alpha value is -1.35. The molecule has 0 bridgehead atoms. The molecule has 1 aromatic heterocycles. The van der Waals surface area contributed by atoms with Gasteiger partial charge in [-0.05, 0) is 12.1 Å². The van der Waals surface area contributed by atoms with Crippen molar-refractivity contribution in [2.75, 3.05) is 0 Å². The molecule has 0 amide bonds. The second-order valence-electron chi connectivity index (χ2n) is 3.76. The van der Waals surface area contributed by atoms with Gasteiger partial charge in [-0.25, -0.2) is 13.6 Å². The molecule has 1 aromatic carbocycles. The van der Waals surface area contributed by atoms with E-state index in [1.807, 2.05) is 0 Å². The molecule has 0 saturated heterocycles. The summed E-state index contributed by atoms with van der Waals surface area (Å²) in [6.07, 6.45) is 0. The van der Waals surface area contributed by atoms with E-state index in [0.29, 0.717) is 5.89 Å². The molecule has 0 fully saturated rings. The van der Waals surface area contributed by atoms with Crippen LogP contribution in [-0.4, -0.2) is 18.6 Å². The predicted octanol–water partition coefficient (Wildman–Crippen LogP) is 1.91. The molecule has 0 spiro atoms. The van der Waals surface area contributed by atoms with Gasteiger partial charge in [0.05, 0.1) is 14.9 Å². The molecular formula is C10H9Cl2N3O4S. The number of rotatable bonds is 4. The Morgan fingerprint density at radius 3 is 2.35 bits per heavy atom. The molecule has 2 rings (SSSR count). The normalized spacial score (nSPS) is 11.6. The zero-order chi connectivity index (χ0) is 14.9. The van der Waals surface area contributed by atoms with E-state index < -0.39 is 10.0 Å². The topological polar surface area (TPSA) is 108 Å². The molecule has 10 heteroatoms. The van der Waals surface area contributed by atoms with Crippen LogP contribution >= 0.6 is 23.2 Å². The van der Waals surface area contributed by atoms with E-state index >= 15 is 0 Å². The number of nitrogens with two attached hydrogens (primary N) is 1. The van der Waals surface area contributed by atoms with Gasteiger partial charge in [0.25, 0.3) is 5.89 Å². The van der Waals surface area contributed by atoms with Crippen LogP contribution in [0.2, 0.25) is 10.0 Å². The van der Waals surface area contributed by atoms with E-state index in [1.165, 1.54) is 0 Å². The fraction of sp³-hybridized carbons (Fsp3) is 0.200. The van der Waals surface area contributed by atoms with Gasteiger partial charge in [0, 0.05) is 6.92 Å². The number of primary sulfonamides is 1. The van der Waals surface area contributed by atoms with Crippen LogP contribution in [0.4, 0.5) is 0 Å². The van der Waals surface area contributed by atoms with Crippen LogP contribution in [0.15, 0.2) is 21.4 Å². The van der Waals surface area contributed by atoms with Gasteiger partial charge in [-0.1, -0.05) is 23.2 Å². The van der Waals surface area contributed by atoms with Crippen molar-refractivity contribution in [3.8, 4) is 5.75 Å². The smallest absolute Gasteiger partial charge is 0.253 e. The Kier molecular flexibility index (Phi) is 4.19. The van der Waals surface area contributed by atoms with Crippen molar-refractivity contribution in [2.45, 2.75) is 18.4 Å². The highest BCUT2D eigenvalue weighted by Gasteiger charge is 2.16. The lowest BCUT2D eigenvalue weighted by molar-refractivity contribution is 0.260. The van der Waals surface area contributed by atoms with Crippen LogP contribution in [0.1, 0.15) is 11.8 Å². The van der Waals surface area contributed by atoms with Gasteiger partial charge in [-0.3, -0.25) is 0 Å². The molecule has 2 N–H and O–H groups in total. The van der Waals surface area contributed by atoms with Gasteiger partial charge >= 0.3 is 0 Å². The molecule has 0 aliphatic rings. The Morgan fingerprint density at radius 1 is 1.30 bits per heavy atom. The molecule has 2 aromatic rings. The van der Waals surface area contributed by atoms with Crippen molar-refractivity contribution in [3.05, 3.63) is 34.0 Å². The molecule has 1 heterocycles. The minimum absolute atomic E-state index is 0.0118. The summed E-state index contributed by atoms with van der Waals surface area (Å²) in [4.78, 5) is -0.200. The highest BCUT2D eigenvalue weighted by atomic mass is 35.5. The number of hydrogen-bond acceptors (Lipinski definition) is 6. The molecule has 7 nitrogen and oxygen atoms in total. The fourth-order valence-electron chi connectivity index (χ4n) is 1.37. The Labute approximate surface area is 124 Å².